The summed E-state index contributed by atoms with van der Waals surface area (Å²) in [5.41, 5.74) is 0. The number of benzene rings is 1. The third kappa shape index (κ3) is 6.55. The molecule has 0 atom stereocenters. The maximum atomic E-state index is 10.2. The van der Waals surface area contributed by atoms with Crippen molar-refractivity contribution in [3.05, 3.63) is 30.3 Å². The van der Waals surface area contributed by atoms with E-state index < -0.39 is 7.82 Å². The summed E-state index contributed by atoms with van der Waals surface area (Å²) in [4.78, 5) is 20.9. The van der Waals surface area contributed by atoms with Crippen LogP contribution in [0, 0.1) is 0 Å². The smallest absolute Gasteiger partial charge is 0.494 e. The number of para-hydroxylation sites is 1. The minimum Gasteiger partial charge on any atom is -0.494 e. The highest BCUT2D eigenvalue weighted by Crippen LogP contribution is 2.35. The molecule has 0 radical (unpaired) electrons. The molecule has 0 heterocycles. The number of phosphoric acid groups is 1. The Morgan fingerprint density at radius 1 is 1.12 bits per heavy atom. The van der Waals surface area contributed by atoms with Crippen LogP contribution in [0.1, 0.15) is 6.42 Å². The van der Waals surface area contributed by atoms with Gasteiger partial charge in [-0.15, -0.1) is 4.67 Å². The van der Waals surface area contributed by atoms with E-state index in [1.165, 1.54) is 0 Å². The summed E-state index contributed by atoms with van der Waals surface area (Å²) in [6.07, 6.45) is 0.467. The summed E-state index contributed by atoms with van der Waals surface area (Å²) in [5.74, 6) is 0.735. The summed E-state index contributed by atoms with van der Waals surface area (Å²) in [5, 5.41) is 0. The molecule has 1 rings (SSSR count). The first-order chi connectivity index (χ1) is 7.58. The Kier molecular flexibility index (Phi) is 5.45. The van der Waals surface area contributed by atoms with Crippen LogP contribution in [-0.2, 0) is 14.1 Å². The highest BCUT2D eigenvalue weighted by Gasteiger charge is 2.14. The number of rotatable bonds is 7. The largest absolute Gasteiger partial charge is 0.496 e. The van der Waals surface area contributed by atoms with Gasteiger partial charge >= 0.3 is 7.82 Å². The van der Waals surface area contributed by atoms with Crippen LogP contribution < -0.4 is 4.74 Å². The fourth-order valence-corrected chi connectivity index (χ4v) is 1.14. The van der Waals surface area contributed by atoms with Gasteiger partial charge in [0.15, 0.2) is 0 Å². The molecular weight excluding hydrogens is 235 g/mol. The molecule has 1 aromatic rings. The lowest BCUT2D eigenvalue weighted by molar-refractivity contribution is -0.223. The second kappa shape index (κ2) is 6.62. The van der Waals surface area contributed by atoms with Crippen LogP contribution in [0.2, 0.25) is 0 Å². The van der Waals surface area contributed by atoms with Gasteiger partial charge in [0, 0.05) is 6.42 Å². The molecule has 0 saturated heterocycles. The van der Waals surface area contributed by atoms with Gasteiger partial charge in [-0.1, -0.05) is 18.2 Å². The van der Waals surface area contributed by atoms with E-state index in [0.29, 0.717) is 13.0 Å². The first kappa shape index (κ1) is 13.2. The molecule has 0 amide bonds. The lowest BCUT2D eigenvalue weighted by Crippen LogP contribution is -2.03. The van der Waals surface area contributed by atoms with Crippen molar-refractivity contribution in [2.75, 3.05) is 13.2 Å². The molecule has 0 aliphatic rings. The third-order valence-electron chi connectivity index (χ3n) is 1.53. The van der Waals surface area contributed by atoms with Crippen molar-refractivity contribution < 1.29 is 28.7 Å². The average Bonchev–Trinajstić information content (AvgIpc) is 2.23. The van der Waals surface area contributed by atoms with Crippen LogP contribution in [0.4, 0.5) is 0 Å². The standard InChI is InChI=1S/C9H13O6P/c10-16(11,12)15-14-8-4-7-13-9-5-2-1-3-6-9/h1-3,5-6H,4,7-8H2,(H2,10,11,12). The Labute approximate surface area is 92.9 Å². The maximum Gasteiger partial charge on any atom is 0.496 e. The topological polar surface area (TPSA) is 85.2 Å². The lowest BCUT2D eigenvalue weighted by Gasteiger charge is -2.06. The highest BCUT2D eigenvalue weighted by molar-refractivity contribution is 7.46. The zero-order valence-corrected chi connectivity index (χ0v) is 9.38. The normalized spacial score (nSPS) is 11.4. The molecule has 1 aromatic carbocycles. The van der Waals surface area contributed by atoms with Crippen LogP contribution in [0.3, 0.4) is 0 Å². The van der Waals surface area contributed by atoms with Gasteiger partial charge in [-0.05, 0) is 12.1 Å². The van der Waals surface area contributed by atoms with Gasteiger partial charge in [0.2, 0.25) is 0 Å². The van der Waals surface area contributed by atoms with Gasteiger partial charge in [0.05, 0.1) is 13.2 Å². The summed E-state index contributed by atoms with van der Waals surface area (Å²) < 4.78 is 19.3. The van der Waals surface area contributed by atoms with Gasteiger partial charge < -0.3 is 14.5 Å². The molecule has 0 aliphatic carbocycles. The van der Waals surface area contributed by atoms with Crippen molar-refractivity contribution in [3.63, 3.8) is 0 Å². The monoisotopic (exact) mass is 248 g/mol. The van der Waals surface area contributed by atoms with E-state index in [1.807, 2.05) is 30.3 Å². The first-order valence-electron chi connectivity index (χ1n) is 4.62. The van der Waals surface area contributed by atoms with Gasteiger partial charge in [0.25, 0.3) is 0 Å². The van der Waals surface area contributed by atoms with Crippen molar-refractivity contribution in [3.8, 4) is 5.75 Å². The molecule has 16 heavy (non-hydrogen) atoms. The van der Waals surface area contributed by atoms with Gasteiger partial charge in [-0.25, -0.2) is 9.45 Å². The lowest BCUT2D eigenvalue weighted by atomic mass is 10.3. The van der Waals surface area contributed by atoms with Crippen molar-refractivity contribution in [1.82, 2.24) is 0 Å². The van der Waals surface area contributed by atoms with Crippen molar-refractivity contribution in [1.29, 1.82) is 0 Å². The van der Waals surface area contributed by atoms with E-state index in [1.54, 1.807) is 0 Å². The minimum absolute atomic E-state index is 0.0535. The Bertz CT molecular complexity index is 335. The summed E-state index contributed by atoms with van der Waals surface area (Å²) in [6.45, 7) is 0.437. The van der Waals surface area contributed by atoms with E-state index in [-0.39, 0.29) is 6.61 Å². The predicted octanol–water partition coefficient (Wildman–Crippen LogP) is 1.50. The molecular formula is C9H13O6P. The molecule has 0 aliphatic heterocycles. The molecule has 0 unspecified atom stereocenters. The molecule has 90 valence electrons. The van der Waals surface area contributed by atoms with Gasteiger partial charge in [0.1, 0.15) is 5.75 Å². The van der Waals surface area contributed by atoms with E-state index in [4.69, 9.17) is 14.5 Å². The zero-order valence-electron chi connectivity index (χ0n) is 8.48. The van der Waals surface area contributed by atoms with Gasteiger partial charge in [-0.3, -0.25) is 0 Å². The van der Waals surface area contributed by atoms with Gasteiger partial charge in [-0.2, -0.15) is 0 Å². The van der Waals surface area contributed by atoms with Crippen LogP contribution in [0.25, 0.3) is 0 Å². The molecule has 0 spiro atoms. The summed E-state index contributed by atoms with van der Waals surface area (Å²) in [6, 6.07) is 9.20. The molecule has 0 saturated carbocycles. The van der Waals surface area contributed by atoms with Crippen molar-refractivity contribution in [2.24, 2.45) is 0 Å². The average molecular weight is 248 g/mol. The van der Waals surface area contributed by atoms with E-state index >= 15 is 0 Å². The van der Waals surface area contributed by atoms with E-state index in [2.05, 4.69) is 9.56 Å². The van der Waals surface area contributed by atoms with Crippen LogP contribution in [-0.4, -0.2) is 23.0 Å². The minimum atomic E-state index is -4.54. The van der Waals surface area contributed by atoms with Crippen LogP contribution in [0.5, 0.6) is 5.75 Å². The van der Waals surface area contributed by atoms with Crippen LogP contribution >= 0.6 is 7.82 Å². The van der Waals surface area contributed by atoms with Crippen molar-refractivity contribution in [2.45, 2.75) is 6.42 Å². The number of ether oxygens (including phenoxy) is 1. The quantitative estimate of drug-likeness (QED) is 0.329. The zero-order chi connectivity index (χ0) is 11.9. The molecule has 0 aromatic heterocycles. The predicted molar refractivity (Wildman–Crippen MR) is 55.6 cm³/mol. The summed E-state index contributed by atoms with van der Waals surface area (Å²) in [7, 11) is -4.54. The number of hydrogen-bond donors (Lipinski definition) is 2. The summed E-state index contributed by atoms with van der Waals surface area (Å²) >= 11 is 0. The Morgan fingerprint density at radius 3 is 2.44 bits per heavy atom. The van der Waals surface area contributed by atoms with E-state index in [9.17, 15) is 4.57 Å². The fraction of sp³-hybridized carbons (Fsp3) is 0.333. The molecule has 7 heteroatoms. The highest BCUT2D eigenvalue weighted by atomic mass is 31.2. The van der Waals surface area contributed by atoms with E-state index in [0.717, 1.165) is 5.75 Å². The SMILES string of the molecule is O=P(O)(O)OOCCCOc1ccccc1. The maximum absolute atomic E-state index is 10.2. The Morgan fingerprint density at radius 2 is 1.81 bits per heavy atom. The number of hydrogen-bond acceptors (Lipinski definition) is 4. The molecule has 0 fully saturated rings. The fourth-order valence-electron chi connectivity index (χ4n) is 0.931. The molecule has 6 nitrogen and oxygen atoms in total. The third-order valence-corrected chi connectivity index (χ3v) is 1.83. The first-order valence-corrected chi connectivity index (χ1v) is 6.15. The molecule has 0 bridgehead atoms. The van der Waals surface area contributed by atoms with Crippen molar-refractivity contribution >= 4 is 7.82 Å². The Hall–Kier alpha value is -0.910. The Balaban J connectivity index is 2.03. The second-order valence-electron chi connectivity index (χ2n) is 2.90. The van der Waals surface area contributed by atoms with Crippen LogP contribution in [0.15, 0.2) is 30.3 Å². The second-order valence-corrected chi connectivity index (χ2v) is 4.03. The molecule has 2 N–H and O–H groups in total.